The fourth-order valence-corrected chi connectivity index (χ4v) is 3.26. The van der Waals surface area contributed by atoms with Crippen LogP contribution < -0.4 is 10.2 Å². The van der Waals surface area contributed by atoms with Crippen LogP contribution in [-0.4, -0.2) is 35.9 Å². The van der Waals surface area contributed by atoms with Crippen molar-refractivity contribution in [2.75, 3.05) is 23.4 Å². The molecule has 0 radical (unpaired) electrons. The zero-order valence-corrected chi connectivity index (χ0v) is 16.4. The molecule has 1 aliphatic heterocycles. The number of anilines is 2. The molecule has 30 heavy (non-hydrogen) atoms. The number of hydrogen-bond donors (Lipinski definition) is 1. The molecule has 1 N–H and O–H groups in total. The highest BCUT2D eigenvalue weighted by Crippen LogP contribution is 2.27. The van der Waals surface area contributed by atoms with Gasteiger partial charge in [0.15, 0.2) is 6.61 Å². The Morgan fingerprint density at radius 1 is 1.20 bits per heavy atom. The van der Waals surface area contributed by atoms with Crippen molar-refractivity contribution >= 4 is 34.8 Å². The molecule has 3 rings (SSSR count). The molecular formula is C21H21N3O6. The van der Waals surface area contributed by atoms with E-state index >= 15 is 0 Å². The predicted molar refractivity (Wildman–Crippen MR) is 109 cm³/mol. The minimum Gasteiger partial charge on any atom is -0.455 e. The highest BCUT2D eigenvalue weighted by Gasteiger charge is 2.36. The van der Waals surface area contributed by atoms with E-state index in [1.54, 1.807) is 12.1 Å². The third-order valence-corrected chi connectivity index (χ3v) is 4.85. The van der Waals surface area contributed by atoms with E-state index in [-0.39, 0.29) is 24.6 Å². The standard InChI is InChI=1S/C21H21N3O6/c1-2-14-5-3-4-6-18(14)22-19(25)13-30-21(27)15-11-20(26)23(12-15)16-7-9-17(10-8-16)24(28)29/h3-10,15H,2,11-13H2,1H3,(H,22,25)/t15-/m1/s1. The lowest BCUT2D eigenvalue weighted by atomic mass is 10.1. The van der Waals surface area contributed by atoms with E-state index in [0.717, 1.165) is 12.0 Å². The first kappa shape index (κ1) is 21.0. The zero-order valence-electron chi connectivity index (χ0n) is 16.4. The van der Waals surface area contributed by atoms with Crippen molar-refractivity contribution in [3.63, 3.8) is 0 Å². The molecule has 0 saturated carbocycles. The number of esters is 1. The third kappa shape index (κ3) is 4.80. The van der Waals surface area contributed by atoms with Gasteiger partial charge < -0.3 is 15.0 Å². The quantitative estimate of drug-likeness (QED) is 0.425. The molecule has 1 atom stereocenters. The number of nitrogens with one attached hydrogen (secondary N) is 1. The highest BCUT2D eigenvalue weighted by molar-refractivity contribution is 6.00. The van der Waals surface area contributed by atoms with Crippen LogP contribution in [0.1, 0.15) is 18.9 Å². The van der Waals surface area contributed by atoms with Crippen LogP contribution in [0.2, 0.25) is 0 Å². The lowest BCUT2D eigenvalue weighted by Crippen LogP contribution is -2.28. The van der Waals surface area contributed by atoms with Gasteiger partial charge in [-0.05, 0) is 30.2 Å². The summed E-state index contributed by atoms with van der Waals surface area (Å²) in [6, 6.07) is 12.9. The summed E-state index contributed by atoms with van der Waals surface area (Å²) in [7, 11) is 0. The lowest BCUT2D eigenvalue weighted by Gasteiger charge is -2.16. The Balaban J connectivity index is 1.54. The van der Waals surface area contributed by atoms with Gasteiger partial charge >= 0.3 is 5.97 Å². The Bertz CT molecular complexity index is 973. The van der Waals surface area contributed by atoms with Crippen molar-refractivity contribution in [3.05, 3.63) is 64.2 Å². The summed E-state index contributed by atoms with van der Waals surface area (Å²) in [5.41, 5.74) is 2.02. The van der Waals surface area contributed by atoms with Crippen LogP contribution in [0.5, 0.6) is 0 Å². The molecule has 2 aromatic carbocycles. The van der Waals surface area contributed by atoms with Gasteiger partial charge in [-0.2, -0.15) is 0 Å². The number of hydrogen-bond acceptors (Lipinski definition) is 6. The van der Waals surface area contributed by atoms with Crippen LogP contribution in [-0.2, 0) is 25.5 Å². The SMILES string of the molecule is CCc1ccccc1NC(=O)COC(=O)[C@@H]1CC(=O)N(c2ccc([N+](=O)[O-])cc2)C1. The number of nitro benzene ring substituents is 1. The van der Waals surface area contributed by atoms with E-state index in [2.05, 4.69) is 5.32 Å². The van der Waals surface area contributed by atoms with Gasteiger partial charge in [0.2, 0.25) is 5.91 Å². The largest absolute Gasteiger partial charge is 0.455 e. The highest BCUT2D eigenvalue weighted by atomic mass is 16.6. The van der Waals surface area contributed by atoms with Gasteiger partial charge in [-0.25, -0.2) is 0 Å². The van der Waals surface area contributed by atoms with Crippen LogP contribution in [0.25, 0.3) is 0 Å². The summed E-state index contributed by atoms with van der Waals surface area (Å²) in [6.07, 6.45) is 0.703. The molecular weight excluding hydrogens is 390 g/mol. The second kappa shape index (κ2) is 9.17. The number of aryl methyl sites for hydroxylation is 1. The van der Waals surface area contributed by atoms with Crippen molar-refractivity contribution in [2.45, 2.75) is 19.8 Å². The molecule has 9 heteroatoms. The maximum absolute atomic E-state index is 12.3. The molecule has 0 bridgehead atoms. The molecule has 1 saturated heterocycles. The number of rotatable bonds is 7. The molecule has 1 fully saturated rings. The summed E-state index contributed by atoms with van der Waals surface area (Å²) >= 11 is 0. The van der Waals surface area contributed by atoms with Crippen LogP contribution in [0.3, 0.4) is 0 Å². The second-order valence-corrected chi connectivity index (χ2v) is 6.85. The van der Waals surface area contributed by atoms with Crippen molar-refractivity contribution in [1.82, 2.24) is 0 Å². The van der Waals surface area contributed by atoms with Crippen LogP contribution >= 0.6 is 0 Å². The zero-order chi connectivity index (χ0) is 21.7. The van der Waals surface area contributed by atoms with Gasteiger partial charge in [0.05, 0.1) is 10.8 Å². The van der Waals surface area contributed by atoms with E-state index < -0.39 is 29.3 Å². The monoisotopic (exact) mass is 411 g/mol. The maximum Gasteiger partial charge on any atom is 0.311 e. The van der Waals surface area contributed by atoms with Gasteiger partial charge in [0.1, 0.15) is 0 Å². The van der Waals surface area contributed by atoms with Gasteiger partial charge in [-0.3, -0.25) is 24.5 Å². The molecule has 0 unspecified atom stereocenters. The van der Waals surface area contributed by atoms with Crippen LogP contribution in [0.4, 0.5) is 17.1 Å². The average Bonchev–Trinajstić information content (AvgIpc) is 3.14. The molecule has 1 heterocycles. The summed E-state index contributed by atoms with van der Waals surface area (Å²) in [4.78, 5) is 48.3. The third-order valence-electron chi connectivity index (χ3n) is 4.85. The van der Waals surface area contributed by atoms with Crippen molar-refractivity contribution in [2.24, 2.45) is 5.92 Å². The fraction of sp³-hybridized carbons (Fsp3) is 0.286. The molecule has 0 spiro atoms. The normalized spacial score (nSPS) is 15.7. The first-order valence-electron chi connectivity index (χ1n) is 9.48. The number of carbonyl (C=O) groups is 3. The number of para-hydroxylation sites is 1. The molecule has 9 nitrogen and oxygen atoms in total. The fourth-order valence-electron chi connectivity index (χ4n) is 3.26. The van der Waals surface area contributed by atoms with Crippen molar-refractivity contribution in [3.8, 4) is 0 Å². The molecule has 156 valence electrons. The van der Waals surface area contributed by atoms with Gasteiger partial charge in [0.25, 0.3) is 11.6 Å². The van der Waals surface area contributed by atoms with Crippen molar-refractivity contribution in [1.29, 1.82) is 0 Å². The van der Waals surface area contributed by atoms with E-state index in [4.69, 9.17) is 4.74 Å². The first-order valence-corrected chi connectivity index (χ1v) is 9.48. The van der Waals surface area contributed by atoms with Crippen LogP contribution in [0, 0.1) is 16.0 Å². The van der Waals surface area contributed by atoms with Crippen LogP contribution in [0.15, 0.2) is 48.5 Å². The predicted octanol–water partition coefficient (Wildman–Crippen LogP) is 2.69. The summed E-state index contributed by atoms with van der Waals surface area (Å²) in [5, 5.41) is 13.5. The van der Waals surface area contributed by atoms with Crippen molar-refractivity contribution < 1.29 is 24.0 Å². The Labute approximate surface area is 172 Å². The Kier molecular flexibility index (Phi) is 6.41. The molecule has 2 aromatic rings. The van der Waals surface area contributed by atoms with E-state index in [1.807, 2.05) is 19.1 Å². The molecule has 0 aromatic heterocycles. The number of ether oxygens (including phenoxy) is 1. The van der Waals surface area contributed by atoms with Gasteiger partial charge in [-0.1, -0.05) is 25.1 Å². The minimum absolute atomic E-state index is 0.0455. The number of non-ortho nitro benzene ring substituents is 1. The van der Waals surface area contributed by atoms with Gasteiger partial charge in [-0.15, -0.1) is 0 Å². The van der Waals surface area contributed by atoms with E-state index in [0.29, 0.717) is 11.4 Å². The first-order chi connectivity index (χ1) is 14.4. The Hall–Kier alpha value is -3.75. The average molecular weight is 411 g/mol. The van der Waals surface area contributed by atoms with E-state index in [1.165, 1.54) is 29.2 Å². The number of benzene rings is 2. The van der Waals surface area contributed by atoms with Gasteiger partial charge in [0, 0.05) is 36.5 Å². The molecule has 2 amide bonds. The number of nitrogens with zero attached hydrogens (tertiary/aromatic N) is 2. The molecule has 1 aliphatic rings. The topological polar surface area (TPSA) is 119 Å². The smallest absolute Gasteiger partial charge is 0.311 e. The maximum atomic E-state index is 12.3. The van der Waals surface area contributed by atoms with E-state index in [9.17, 15) is 24.5 Å². The number of amides is 2. The number of nitro groups is 1. The lowest BCUT2D eigenvalue weighted by molar-refractivity contribution is -0.384. The number of carbonyl (C=O) groups excluding carboxylic acids is 3. The molecule has 0 aliphatic carbocycles. The minimum atomic E-state index is -0.705. The summed E-state index contributed by atoms with van der Waals surface area (Å²) < 4.78 is 5.10. The Morgan fingerprint density at radius 3 is 2.57 bits per heavy atom. The summed E-state index contributed by atoms with van der Waals surface area (Å²) in [6.45, 7) is 1.62. The second-order valence-electron chi connectivity index (χ2n) is 6.85. The summed E-state index contributed by atoms with van der Waals surface area (Å²) in [5.74, 6) is -2.08. The Morgan fingerprint density at radius 2 is 1.90 bits per heavy atom.